The second kappa shape index (κ2) is 23.6. The summed E-state index contributed by atoms with van der Waals surface area (Å²) in [6, 6.07) is -14.2. The van der Waals surface area contributed by atoms with E-state index in [4.69, 9.17) is 5.73 Å². The lowest BCUT2D eigenvalue weighted by atomic mass is 9.87. The monoisotopic (exact) mass is 1050 g/mol. The first-order valence-electron chi connectivity index (χ1n) is 20.2. The van der Waals surface area contributed by atoms with Crippen molar-refractivity contribution in [3.05, 3.63) is 0 Å². The molecule has 402 valence electrons. The Morgan fingerprint density at radius 1 is 0.463 bits per heavy atom. The molecule has 67 heavy (non-hydrogen) atoms. The van der Waals surface area contributed by atoms with E-state index >= 15 is 17.6 Å². The molecule has 3 N–H and O–H groups in total. The van der Waals surface area contributed by atoms with Gasteiger partial charge in [-0.1, -0.05) is 58.3 Å². The highest BCUT2D eigenvalue weighted by Crippen LogP contribution is 2.64. The Morgan fingerprint density at radius 2 is 0.851 bits per heavy atom. The van der Waals surface area contributed by atoms with E-state index in [1.54, 1.807) is 0 Å². The Morgan fingerprint density at radius 3 is 1.30 bits per heavy atom. The molecule has 0 radical (unpaired) electrons. The van der Waals surface area contributed by atoms with Crippen LogP contribution in [-0.2, 0) is 4.79 Å². The summed E-state index contributed by atoms with van der Waals surface area (Å²) in [5.74, 6) is -80.8. The van der Waals surface area contributed by atoms with Crippen LogP contribution >= 0.6 is 0 Å². The zero-order valence-corrected chi connectivity index (χ0v) is 35.4. The van der Waals surface area contributed by atoms with Gasteiger partial charge in [0.05, 0.1) is 0 Å². The van der Waals surface area contributed by atoms with E-state index in [2.05, 4.69) is 5.32 Å². The molecule has 2 unspecified atom stereocenters. The third kappa shape index (κ3) is 12.5. The molecule has 0 aromatic rings. The fourth-order valence-electron chi connectivity index (χ4n) is 6.04. The third-order valence-electron chi connectivity index (χ3n) is 10.5. The van der Waals surface area contributed by atoms with Crippen molar-refractivity contribution < 1.29 is 119 Å². The molecule has 0 bridgehead atoms. The van der Waals surface area contributed by atoms with Crippen LogP contribution in [0.25, 0.3) is 0 Å². The first-order valence-corrected chi connectivity index (χ1v) is 20.2. The van der Waals surface area contributed by atoms with E-state index in [0.717, 1.165) is 19.3 Å². The van der Waals surface area contributed by atoms with E-state index < -0.39 is 159 Å². The lowest BCUT2D eigenvalue weighted by Crippen LogP contribution is -2.76. The number of hydrogen-bond donors (Lipinski definition) is 2. The van der Waals surface area contributed by atoms with Crippen molar-refractivity contribution in [1.82, 2.24) is 15.1 Å². The van der Waals surface area contributed by atoms with Crippen molar-refractivity contribution >= 4 is 6.41 Å². The van der Waals surface area contributed by atoms with Crippen LogP contribution in [0.1, 0.15) is 97.3 Å². The van der Waals surface area contributed by atoms with Crippen molar-refractivity contribution in [1.29, 1.82) is 0 Å². The predicted molar refractivity (Wildman–Crippen MR) is 187 cm³/mol. The quantitative estimate of drug-likeness (QED) is 0.0284. The zero-order valence-electron chi connectivity index (χ0n) is 35.4. The minimum atomic E-state index is -9.03. The van der Waals surface area contributed by atoms with Gasteiger partial charge in [0.2, 0.25) is 6.41 Å². The van der Waals surface area contributed by atoms with Crippen LogP contribution in [-0.4, -0.2) is 139 Å². The van der Waals surface area contributed by atoms with Crippen LogP contribution < -0.4 is 11.1 Å². The molecule has 0 aliphatic rings. The second-order valence-electron chi connectivity index (χ2n) is 15.5. The van der Waals surface area contributed by atoms with Gasteiger partial charge in [0.1, 0.15) is 0 Å². The Balaban J connectivity index is 6.81. The van der Waals surface area contributed by atoms with E-state index in [-0.39, 0.29) is 38.9 Å². The highest BCUT2D eigenvalue weighted by molar-refractivity contribution is 5.48. The molecule has 0 aliphatic carbocycles. The number of carbonyl (C=O) groups is 1. The standard InChI is InChI=1S/C36H50F26N4O/c1-3-4-5-6-7-8-9-10-15-24(38)26(41,42)28(45,46)33(55,56)35(59,60)65(19-12-11-17-64-18-13-16-63)20-14-21-66(22-67)36(61,62)34(57,58)32(53,54)31(51,52)30(49,50)29(47,48)27(43,44)25(39,40)23(2)37/h22-24,64H,3-21,63H2,1-2H3. The van der Waals surface area contributed by atoms with Crippen LogP contribution in [0.5, 0.6) is 0 Å². The number of alkyl halides is 26. The molecule has 0 rings (SSSR count). The van der Waals surface area contributed by atoms with Crippen molar-refractivity contribution in [2.75, 3.05) is 39.3 Å². The van der Waals surface area contributed by atoms with Gasteiger partial charge in [-0.05, 0) is 58.7 Å². The predicted octanol–water partition coefficient (Wildman–Crippen LogP) is 12.6. The number of unbranched alkanes of at least 4 members (excludes halogenated alkanes) is 8. The van der Waals surface area contributed by atoms with Gasteiger partial charge in [0, 0.05) is 19.6 Å². The highest BCUT2D eigenvalue weighted by Gasteiger charge is 2.95. The maximum Gasteiger partial charge on any atom is 0.398 e. The summed E-state index contributed by atoms with van der Waals surface area (Å²) in [5, 5.41) is 2.59. The third-order valence-corrected chi connectivity index (χ3v) is 10.5. The topological polar surface area (TPSA) is 61.6 Å². The summed E-state index contributed by atoms with van der Waals surface area (Å²) in [7, 11) is 0. The summed E-state index contributed by atoms with van der Waals surface area (Å²) in [4.78, 5) is 7.89. The number of nitrogens with two attached hydrogens (primary N) is 1. The van der Waals surface area contributed by atoms with Gasteiger partial charge in [0.25, 0.3) is 0 Å². The number of carbonyl (C=O) groups excluding carboxylic acids is 1. The Labute approximate surface area is 366 Å². The fourth-order valence-corrected chi connectivity index (χ4v) is 6.04. The first-order chi connectivity index (χ1) is 30.0. The minimum Gasteiger partial charge on any atom is -0.330 e. The van der Waals surface area contributed by atoms with Gasteiger partial charge in [-0.2, -0.15) is 105 Å². The Kier molecular flexibility index (Phi) is 22.8. The number of rotatable bonds is 36. The summed E-state index contributed by atoms with van der Waals surface area (Å²) in [6.45, 7) is -5.55. The van der Waals surface area contributed by atoms with Gasteiger partial charge in [-0.15, -0.1) is 0 Å². The summed E-state index contributed by atoms with van der Waals surface area (Å²) < 4.78 is 375. The number of nitrogens with zero attached hydrogens (tertiary/aromatic N) is 2. The van der Waals surface area contributed by atoms with Crippen LogP contribution in [0, 0.1) is 0 Å². The molecule has 0 saturated carbocycles. The maximum atomic E-state index is 15.5. The van der Waals surface area contributed by atoms with Gasteiger partial charge in [-0.3, -0.25) is 9.69 Å². The van der Waals surface area contributed by atoms with Crippen LogP contribution in [0.3, 0.4) is 0 Å². The lowest BCUT2D eigenvalue weighted by Gasteiger charge is -2.45. The van der Waals surface area contributed by atoms with Crippen molar-refractivity contribution in [3.8, 4) is 0 Å². The van der Waals surface area contributed by atoms with E-state index in [9.17, 15) is 101 Å². The van der Waals surface area contributed by atoms with Crippen LogP contribution in [0.15, 0.2) is 0 Å². The molecule has 0 saturated heterocycles. The molecule has 0 spiro atoms. The zero-order chi connectivity index (χ0) is 53.2. The molecule has 0 aromatic carbocycles. The van der Waals surface area contributed by atoms with Crippen LogP contribution in [0.4, 0.5) is 114 Å². The average molecular weight is 1050 g/mol. The lowest BCUT2D eigenvalue weighted by molar-refractivity contribution is -0.461. The molecule has 0 aliphatic heterocycles. The summed E-state index contributed by atoms with van der Waals surface area (Å²) >= 11 is 0. The van der Waals surface area contributed by atoms with Crippen molar-refractivity contribution in [2.24, 2.45) is 5.73 Å². The molecule has 0 aromatic heterocycles. The van der Waals surface area contributed by atoms with E-state index in [1.165, 1.54) is 0 Å². The molecule has 2 atom stereocenters. The van der Waals surface area contributed by atoms with Crippen LogP contribution in [0.2, 0.25) is 0 Å². The molecule has 0 heterocycles. The summed E-state index contributed by atoms with van der Waals surface area (Å²) in [6.07, 6.45) is -12.4. The number of hydrogen-bond acceptors (Lipinski definition) is 4. The van der Waals surface area contributed by atoms with Gasteiger partial charge < -0.3 is 11.1 Å². The molecular weight excluding hydrogens is 998 g/mol. The van der Waals surface area contributed by atoms with Gasteiger partial charge in [0.15, 0.2) is 12.3 Å². The molecule has 5 nitrogen and oxygen atoms in total. The van der Waals surface area contributed by atoms with E-state index in [1.807, 2.05) is 6.92 Å². The number of amides is 1. The molecule has 0 fully saturated rings. The molecule has 31 heteroatoms. The second-order valence-corrected chi connectivity index (χ2v) is 15.5. The van der Waals surface area contributed by atoms with Crippen molar-refractivity contribution in [2.45, 2.75) is 181 Å². The fraction of sp³-hybridized carbons (Fsp3) is 0.972. The van der Waals surface area contributed by atoms with Crippen molar-refractivity contribution in [3.63, 3.8) is 0 Å². The maximum absolute atomic E-state index is 15.5. The van der Waals surface area contributed by atoms with Gasteiger partial charge in [-0.25, -0.2) is 13.7 Å². The minimum absolute atomic E-state index is 0.0898. The van der Waals surface area contributed by atoms with E-state index in [0.29, 0.717) is 12.8 Å². The SMILES string of the molecule is CCCCCCCCCCC(F)C(F)(F)C(F)(F)C(F)(F)C(F)(F)N(CCCCNCCCN)CCCN(C=O)C(F)(F)C(F)(F)C(F)(F)C(F)(F)C(F)(F)C(F)(F)C(F)(F)C(F)(F)C(C)F. The average Bonchev–Trinajstić information content (AvgIpc) is 3.20. The first kappa shape index (κ1) is 64.5. The number of nitrogens with one attached hydrogen (secondary N) is 1. The summed E-state index contributed by atoms with van der Waals surface area (Å²) in [5.41, 5.74) is 5.23. The largest absolute Gasteiger partial charge is 0.398 e. The highest BCUT2D eigenvalue weighted by atomic mass is 19.4. The Hall–Kier alpha value is -2.47. The normalized spacial score (nSPS) is 15.9. The van der Waals surface area contributed by atoms with Gasteiger partial charge >= 0.3 is 71.3 Å². The smallest absolute Gasteiger partial charge is 0.330 e. The number of halogens is 26. The molecular formula is C36H50F26N4O. The Bertz CT molecular complexity index is 1480. The molecule has 1 amide bonds.